The summed E-state index contributed by atoms with van der Waals surface area (Å²) in [5, 5.41) is 30.9. The first kappa shape index (κ1) is 22.3. The zero-order chi connectivity index (χ0) is 24.0. The normalized spacial score (nSPS) is 17.8. The van der Waals surface area contributed by atoms with Crippen LogP contribution in [0.3, 0.4) is 0 Å². The topological polar surface area (TPSA) is 117 Å². The fraction of sp³-hybridized carbons (Fsp3) is 0.480. The minimum absolute atomic E-state index is 0.0271. The van der Waals surface area contributed by atoms with Crippen molar-refractivity contribution in [3.8, 4) is 11.8 Å². The molecule has 1 aromatic carbocycles. The summed E-state index contributed by atoms with van der Waals surface area (Å²) < 4.78 is 7.65. The number of nitrogens with zero attached hydrogens (tertiary/aromatic N) is 6. The summed E-state index contributed by atoms with van der Waals surface area (Å²) in [7, 11) is 1.73. The lowest BCUT2D eigenvalue weighted by Crippen LogP contribution is -2.58. The van der Waals surface area contributed by atoms with E-state index in [2.05, 4.69) is 16.4 Å². The van der Waals surface area contributed by atoms with E-state index in [1.54, 1.807) is 22.8 Å². The van der Waals surface area contributed by atoms with Crippen LogP contribution in [0.2, 0.25) is 0 Å². The molecular formula is C25H28N6O3. The van der Waals surface area contributed by atoms with Gasteiger partial charge >= 0.3 is 0 Å². The second-order valence-electron chi connectivity index (χ2n) is 9.34. The van der Waals surface area contributed by atoms with Crippen LogP contribution >= 0.6 is 0 Å². The number of fused-ring (bicyclic) bond motifs is 1. The van der Waals surface area contributed by atoms with Gasteiger partial charge in [-0.25, -0.2) is 9.67 Å². The molecule has 9 nitrogen and oxygen atoms in total. The molecule has 5 rings (SSSR count). The predicted molar refractivity (Wildman–Crippen MR) is 124 cm³/mol. The van der Waals surface area contributed by atoms with Crippen molar-refractivity contribution in [3.05, 3.63) is 46.9 Å². The van der Waals surface area contributed by atoms with Gasteiger partial charge < -0.3 is 14.7 Å². The minimum Gasteiger partial charge on any atom is -0.490 e. The molecule has 1 N–H and O–H groups in total. The van der Waals surface area contributed by atoms with E-state index in [-0.39, 0.29) is 11.8 Å². The Bertz CT molecular complexity index is 1300. The minimum atomic E-state index is -1.44. The average molecular weight is 461 g/mol. The fourth-order valence-electron chi connectivity index (χ4n) is 4.75. The molecular weight excluding hydrogens is 432 g/mol. The summed E-state index contributed by atoms with van der Waals surface area (Å²) in [5.41, 5.74) is 1.58. The summed E-state index contributed by atoms with van der Waals surface area (Å²) in [6.45, 7) is 4.95. The maximum absolute atomic E-state index is 12.1. The molecule has 1 aliphatic heterocycles. The Morgan fingerprint density at radius 2 is 2.12 bits per heavy atom. The smallest absolute Gasteiger partial charge is 0.219 e. The molecule has 34 heavy (non-hydrogen) atoms. The second kappa shape index (κ2) is 8.37. The molecule has 1 saturated heterocycles. The number of rotatable bonds is 7. The Balaban J connectivity index is 1.64. The fourth-order valence-corrected chi connectivity index (χ4v) is 4.75. The SMILES string of the molecule is CCc1nc2ccc([C@@](O)(c3cnnn3C)C3CN(C(C)=O)C3)cc2c(C#N)c1OCC1CC1. The van der Waals surface area contributed by atoms with Gasteiger partial charge in [0.25, 0.3) is 0 Å². The van der Waals surface area contributed by atoms with E-state index in [1.165, 1.54) is 6.92 Å². The predicted octanol–water partition coefficient (Wildman–Crippen LogP) is 2.30. The van der Waals surface area contributed by atoms with Crippen molar-refractivity contribution < 1.29 is 14.6 Å². The van der Waals surface area contributed by atoms with Gasteiger partial charge in [-0.2, -0.15) is 5.26 Å². The van der Waals surface area contributed by atoms with Gasteiger partial charge in [0, 0.05) is 38.4 Å². The van der Waals surface area contributed by atoms with Gasteiger partial charge in [-0.15, -0.1) is 5.10 Å². The van der Waals surface area contributed by atoms with Crippen LogP contribution in [0.4, 0.5) is 0 Å². The third kappa shape index (κ3) is 3.59. The van der Waals surface area contributed by atoms with Crippen molar-refractivity contribution in [1.82, 2.24) is 24.9 Å². The zero-order valence-corrected chi connectivity index (χ0v) is 19.7. The van der Waals surface area contributed by atoms with Crippen molar-refractivity contribution in [2.24, 2.45) is 18.9 Å². The number of pyridine rings is 1. The first-order valence-corrected chi connectivity index (χ1v) is 11.7. The molecule has 9 heteroatoms. The molecule has 0 spiro atoms. The lowest BCUT2D eigenvalue weighted by atomic mass is 9.74. The first-order valence-electron chi connectivity index (χ1n) is 11.7. The molecule has 0 radical (unpaired) electrons. The number of ether oxygens (including phenoxy) is 1. The molecule has 1 amide bonds. The summed E-state index contributed by atoms with van der Waals surface area (Å²) in [4.78, 5) is 18.3. The molecule has 3 heterocycles. The number of likely N-dealkylation sites (tertiary alicyclic amines) is 1. The molecule has 2 fully saturated rings. The summed E-state index contributed by atoms with van der Waals surface area (Å²) in [5.74, 6) is 0.813. The van der Waals surface area contributed by atoms with Gasteiger partial charge in [-0.1, -0.05) is 18.2 Å². The van der Waals surface area contributed by atoms with Crippen molar-refractivity contribution in [2.45, 2.75) is 38.7 Å². The number of carbonyl (C=O) groups is 1. The highest BCUT2D eigenvalue weighted by molar-refractivity contribution is 5.88. The van der Waals surface area contributed by atoms with E-state index in [0.717, 1.165) is 18.5 Å². The molecule has 2 aliphatic rings. The number of benzene rings is 1. The van der Waals surface area contributed by atoms with Crippen LogP contribution < -0.4 is 4.74 Å². The van der Waals surface area contributed by atoms with Gasteiger partial charge in [-0.3, -0.25) is 4.79 Å². The number of nitriles is 1. The average Bonchev–Trinajstić information content (AvgIpc) is 3.52. The Kier molecular flexibility index (Phi) is 5.48. The lowest BCUT2D eigenvalue weighted by molar-refractivity contribution is -0.142. The summed E-state index contributed by atoms with van der Waals surface area (Å²) >= 11 is 0. The van der Waals surface area contributed by atoms with Crippen LogP contribution in [0.25, 0.3) is 10.9 Å². The largest absolute Gasteiger partial charge is 0.490 e. The summed E-state index contributed by atoms with van der Waals surface area (Å²) in [6, 6.07) is 7.84. The van der Waals surface area contributed by atoms with Crippen molar-refractivity contribution in [1.29, 1.82) is 5.26 Å². The van der Waals surface area contributed by atoms with Crippen LogP contribution in [-0.4, -0.2) is 55.6 Å². The van der Waals surface area contributed by atoms with E-state index in [0.29, 0.717) is 65.5 Å². The molecule has 1 aliphatic carbocycles. The summed E-state index contributed by atoms with van der Waals surface area (Å²) in [6.07, 6.45) is 4.51. The number of aryl methyl sites for hydroxylation is 2. The number of amides is 1. The zero-order valence-electron chi connectivity index (χ0n) is 19.7. The Morgan fingerprint density at radius 1 is 1.35 bits per heavy atom. The van der Waals surface area contributed by atoms with Crippen molar-refractivity contribution >= 4 is 16.8 Å². The third-order valence-electron chi connectivity index (χ3n) is 7.08. The van der Waals surface area contributed by atoms with E-state index < -0.39 is 5.60 Å². The molecule has 1 saturated carbocycles. The molecule has 2 aromatic heterocycles. The quantitative estimate of drug-likeness (QED) is 0.575. The Morgan fingerprint density at radius 3 is 2.71 bits per heavy atom. The number of hydrogen-bond acceptors (Lipinski definition) is 7. The van der Waals surface area contributed by atoms with Crippen LogP contribution in [-0.2, 0) is 23.9 Å². The number of hydrogen-bond donors (Lipinski definition) is 1. The standard InChI is InChI=1S/C25H28N6O3/c1-4-21-24(34-14-16-5-6-16)20(10-26)19-9-17(7-8-22(19)28-21)25(33,23-11-27-29-30(23)3)18-12-31(13-18)15(2)32/h7-9,11,16,18,33H,4-6,12-14H2,1-3H3/t25-/m0/s1. The third-order valence-corrected chi connectivity index (χ3v) is 7.08. The second-order valence-corrected chi connectivity index (χ2v) is 9.34. The van der Waals surface area contributed by atoms with Crippen molar-refractivity contribution in [2.75, 3.05) is 19.7 Å². The number of carbonyl (C=O) groups excluding carboxylic acids is 1. The van der Waals surface area contributed by atoms with Gasteiger partial charge in [0.05, 0.1) is 29.7 Å². The Hall–Kier alpha value is -3.51. The number of aliphatic hydroxyl groups is 1. The molecule has 0 bridgehead atoms. The highest BCUT2D eigenvalue weighted by atomic mass is 16.5. The number of aromatic nitrogens is 4. The van der Waals surface area contributed by atoms with Gasteiger partial charge in [-0.05, 0) is 42.9 Å². The van der Waals surface area contributed by atoms with E-state index in [9.17, 15) is 15.2 Å². The van der Waals surface area contributed by atoms with Gasteiger partial charge in [0.2, 0.25) is 5.91 Å². The first-order chi connectivity index (χ1) is 16.4. The monoisotopic (exact) mass is 460 g/mol. The van der Waals surface area contributed by atoms with E-state index in [1.807, 2.05) is 25.1 Å². The maximum atomic E-state index is 12.1. The lowest BCUT2D eigenvalue weighted by Gasteiger charge is -2.47. The Labute approximate surface area is 198 Å². The molecule has 3 aromatic rings. The molecule has 176 valence electrons. The van der Waals surface area contributed by atoms with Crippen LogP contribution in [0.1, 0.15) is 49.2 Å². The van der Waals surface area contributed by atoms with Crippen molar-refractivity contribution in [3.63, 3.8) is 0 Å². The van der Waals surface area contributed by atoms with Crippen LogP contribution in [0.5, 0.6) is 5.75 Å². The van der Waals surface area contributed by atoms with Crippen LogP contribution in [0.15, 0.2) is 24.4 Å². The van der Waals surface area contributed by atoms with Gasteiger partial charge in [0.1, 0.15) is 17.2 Å². The molecule has 0 unspecified atom stereocenters. The highest BCUT2D eigenvalue weighted by Crippen LogP contribution is 2.43. The van der Waals surface area contributed by atoms with Gasteiger partial charge in [0.15, 0.2) is 5.75 Å². The maximum Gasteiger partial charge on any atom is 0.219 e. The van der Waals surface area contributed by atoms with Crippen LogP contribution in [0, 0.1) is 23.2 Å². The van der Waals surface area contributed by atoms with E-state index in [4.69, 9.17) is 9.72 Å². The van der Waals surface area contributed by atoms with E-state index >= 15 is 0 Å². The highest BCUT2D eigenvalue weighted by Gasteiger charge is 2.49. The molecule has 1 atom stereocenters.